The molecule has 4 rings (SSSR count). The molecule has 0 aliphatic heterocycles. The number of nitrogens with zero attached hydrogens (tertiary/aromatic N) is 3. The van der Waals surface area contributed by atoms with Gasteiger partial charge in [-0.25, -0.2) is 9.97 Å². The fraction of sp³-hybridized carbons (Fsp3) is 0.100. The highest BCUT2D eigenvalue weighted by atomic mass is 16.2. The highest BCUT2D eigenvalue weighted by Gasteiger charge is 2.10. The van der Waals surface area contributed by atoms with Gasteiger partial charge in [0, 0.05) is 42.3 Å². The number of amides is 1. The normalized spacial score (nSPS) is 10.5. The van der Waals surface area contributed by atoms with Gasteiger partial charge in [0.05, 0.1) is 11.1 Å². The third kappa shape index (κ3) is 3.23. The number of aromatic amines is 1. The molecule has 1 aromatic carbocycles. The van der Waals surface area contributed by atoms with Gasteiger partial charge in [-0.1, -0.05) is 36.1 Å². The van der Waals surface area contributed by atoms with Gasteiger partial charge in [0.1, 0.15) is 0 Å². The Morgan fingerprint density at radius 1 is 1.15 bits per heavy atom. The van der Waals surface area contributed by atoms with Crippen LogP contribution in [0.1, 0.15) is 22.6 Å². The van der Waals surface area contributed by atoms with E-state index in [0.29, 0.717) is 18.6 Å². The van der Waals surface area contributed by atoms with Crippen molar-refractivity contribution >= 4 is 27.8 Å². The molecule has 6 nitrogen and oxygen atoms in total. The predicted molar refractivity (Wildman–Crippen MR) is 99.5 cm³/mol. The average Bonchev–Trinajstić information content (AvgIpc) is 3.12. The van der Waals surface area contributed by atoms with Crippen molar-refractivity contribution in [1.29, 1.82) is 0 Å². The zero-order chi connectivity index (χ0) is 17.8. The molecule has 6 heteroatoms. The maximum absolute atomic E-state index is 12.1. The summed E-state index contributed by atoms with van der Waals surface area (Å²) in [5.74, 6) is 6.19. The number of carbonyl (C=O) groups excluding carboxylic acids is 1. The molecule has 0 unspecified atom stereocenters. The molecule has 0 radical (unpaired) electrons. The number of benzene rings is 1. The number of hydrogen-bond donors (Lipinski definition) is 2. The lowest BCUT2D eigenvalue weighted by atomic mass is 10.1. The highest BCUT2D eigenvalue weighted by molar-refractivity contribution is 5.93. The van der Waals surface area contributed by atoms with Gasteiger partial charge >= 0.3 is 0 Å². The molecular weight excluding hydrogens is 326 g/mol. The summed E-state index contributed by atoms with van der Waals surface area (Å²) in [6, 6.07) is 11.6. The van der Waals surface area contributed by atoms with E-state index >= 15 is 0 Å². The molecule has 0 aliphatic rings. The summed E-state index contributed by atoms with van der Waals surface area (Å²) in [6.07, 6.45) is 5.76. The molecule has 0 saturated carbocycles. The molecular formula is C20H15N5O. The Hall–Kier alpha value is -3.72. The van der Waals surface area contributed by atoms with Gasteiger partial charge in [-0.05, 0) is 12.1 Å². The van der Waals surface area contributed by atoms with E-state index in [2.05, 4.69) is 37.1 Å². The second-order valence-corrected chi connectivity index (χ2v) is 5.68. The van der Waals surface area contributed by atoms with Crippen LogP contribution in [-0.2, 0) is 0 Å². The topological polar surface area (TPSA) is 83.6 Å². The van der Waals surface area contributed by atoms with E-state index in [1.807, 2.05) is 36.5 Å². The van der Waals surface area contributed by atoms with E-state index in [1.54, 1.807) is 18.5 Å². The highest BCUT2D eigenvalue weighted by Crippen LogP contribution is 2.15. The van der Waals surface area contributed by atoms with E-state index < -0.39 is 0 Å². The van der Waals surface area contributed by atoms with Crippen molar-refractivity contribution in [2.45, 2.75) is 6.42 Å². The van der Waals surface area contributed by atoms with Crippen molar-refractivity contribution in [2.75, 3.05) is 6.54 Å². The van der Waals surface area contributed by atoms with Gasteiger partial charge in [-0.2, -0.15) is 0 Å². The van der Waals surface area contributed by atoms with E-state index in [-0.39, 0.29) is 11.7 Å². The number of fused-ring (bicyclic) bond motifs is 2. The van der Waals surface area contributed by atoms with Crippen LogP contribution in [0.4, 0.5) is 0 Å². The smallest absolute Gasteiger partial charge is 0.287 e. The van der Waals surface area contributed by atoms with Crippen molar-refractivity contribution < 1.29 is 4.79 Å². The second kappa shape index (κ2) is 7.03. The molecule has 0 bridgehead atoms. The summed E-state index contributed by atoms with van der Waals surface area (Å²) < 4.78 is 0. The van der Waals surface area contributed by atoms with Crippen LogP contribution in [0.5, 0.6) is 0 Å². The first-order valence-corrected chi connectivity index (χ1v) is 8.22. The average molecular weight is 341 g/mol. The van der Waals surface area contributed by atoms with Crippen LogP contribution in [0.3, 0.4) is 0 Å². The zero-order valence-electron chi connectivity index (χ0n) is 13.9. The van der Waals surface area contributed by atoms with E-state index in [1.165, 1.54) is 0 Å². The van der Waals surface area contributed by atoms with Crippen molar-refractivity contribution in [3.63, 3.8) is 0 Å². The Labute approximate surface area is 149 Å². The Kier molecular flexibility index (Phi) is 4.27. The largest absolute Gasteiger partial charge is 0.348 e. The molecule has 0 spiro atoms. The molecule has 1 amide bonds. The Bertz CT molecular complexity index is 1110. The third-order valence-corrected chi connectivity index (χ3v) is 3.90. The first-order chi connectivity index (χ1) is 12.8. The molecule has 0 atom stereocenters. The third-order valence-electron chi connectivity index (χ3n) is 3.90. The lowest BCUT2D eigenvalue weighted by Crippen LogP contribution is -2.25. The predicted octanol–water partition coefficient (Wildman–Crippen LogP) is 2.68. The maximum atomic E-state index is 12.1. The summed E-state index contributed by atoms with van der Waals surface area (Å²) in [5, 5.41) is 4.94. The monoisotopic (exact) mass is 341 g/mol. The molecule has 2 N–H and O–H groups in total. The lowest BCUT2D eigenvalue weighted by Gasteiger charge is -2.00. The molecule has 0 aliphatic carbocycles. The standard InChI is InChI=1S/C20H15N5O/c26-20(19-24-17-9-5-11-22-18(17)25-19)23-10-4-3-7-15-13-21-12-14-6-1-2-8-16(14)15/h1-2,5-6,8-9,11-13H,4,10H2,(H,23,26)(H,22,24,25). The van der Waals surface area contributed by atoms with Gasteiger partial charge in [0.25, 0.3) is 5.91 Å². The molecule has 0 saturated heterocycles. The quantitative estimate of drug-likeness (QED) is 0.443. The molecule has 3 heterocycles. The molecule has 0 fully saturated rings. The van der Waals surface area contributed by atoms with Crippen LogP contribution in [0.2, 0.25) is 0 Å². The number of nitrogens with one attached hydrogen (secondary N) is 2. The van der Waals surface area contributed by atoms with Crippen molar-refractivity contribution in [2.24, 2.45) is 0 Å². The molecule has 126 valence electrons. The Morgan fingerprint density at radius 3 is 3.00 bits per heavy atom. The van der Waals surface area contributed by atoms with Crippen LogP contribution in [0, 0.1) is 11.8 Å². The van der Waals surface area contributed by atoms with Gasteiger partial charge in [0.2, 0.25) is 0 Å². The summed E-state index contributed by atoms with van der Waals surface area (Å²) in [4.78, 5) is 27.6. The number of carbonyl (C=O) groups is 1. The fourth-order valence-electron chi connectivity index (χ4n) is 2.65. The van der Waals surface area contributed by atoms with Crippen LogP contribution in [0.15, 0.2) is 55.0 Å². The first-order valence-electron chi connectivity index (χ1n) is 8.22. The number of imidazole rings is 1. The lowest BCUT2D eigenvalue weighted by molar-refractivity contribution is 0.0945. The van der Waals surface area contributed by atoms with Crippen LogP contribution >= 0.6 is 0 Å². The van der Waals surface area contributed by atoms with Gasteiger partial charge in [-0.15, -0.1) is 0 Å². The first kappa shape index (κ1) is 15.8. The van der Waals surface area contributed by atoms with E-state index in [0.717, 1.165) is 21.9 Å². The fourth-order valence-corrected chi connectivity index (χ4v) is 2.65. The van der Waals surface area contributed by atoms with E-state index in [9.17, 15) is 4.79 Å². The SMILES string of the molecule is O=C(NCCC#Cc1cncc2ccccc12)c1nc2ncccc2[nH]1. The minimum absolute atomic E-state index is 0.255. The number of hydrogen-bond acceptors (Lipinski definition) is 4. The zero-order valence-corrected chi connectivity index (χ0v) is 13.9. The Balaban J connectivity index is 1.38. The van der Waals surface area contributed by atoms with Crippen molar-refractivity contribution in [3.8, 4) is 11.8 Å². The summed E-state index contributed by atoms with van der Waals surface area (Å²) in [7, 11) is 0. The number of rotatable bonds is 3. The minimum atomic E-state index is -0.267. The van der Waals surface area contributed by atoms with Crippen molar-refractivity contribution in [3.05, 3.63) is 66.4 Å². The van der Waals surface area contributed by atoms with Crippen LogP contribution in [-0.4, -0.2) is 32.4 Å². The summed E-state index contributed by atoms with van der Waals surface area (Å²) in [6.45, 7) is 0.439. The van der Waals surface area contributed by atoms with Gasteiger partial charge in [-0.3, -0.25) is 9.78 Å². The number of pyridine rings is 2. The molecule has 3 aromatic heterocycles. The van der Waals surface area contributed by atoms with E-state index in [4.69, 9.17) is 0 Å². The number of H-pyrrole nitrogens is 1. The number of aromatic nitrogens is 4. The maximum Gasteiger partial charge on any atom is 0.287 e. The van der Waals surface area contributed by atoms with Gasteiger partial charge < -0.3 is 10.3 Å². The minimum Gasteiger partial charge on any atom is -0.348 e. The van der Waals surface area contributed by atoms with Gasteiger partial charge in [0.15, 0.2) is 11.5 Å². The van der Waals surface area contributed by atoms with Crippen LogP contribution < -0.4 is 5.32 Å². The van der Waals surface area contributed by atoms with Crippen molar-refractivity contribution in [1.82, 2.24) is 25.3 Å². The summed E-state index contributed by atoms with van der Waals surface area (Å²) in [5.41, 5.74) is 2.15. The summed E-state index contributed by atoms with van der Waals surface area (Å²) >= 11 is 0. The molecule has 26 heavy (non-hydrogen) atoms. The molecule has 4 aromatic rings. The Morgan fingerprint density at radius 2 is 2.08 bits per heavy atom. The second-order valence-electron chi connectivity index (χ2n) is 5.68. The van der Waals surface area contributed by atoms with Crippen LogP contribution in [0.25, 0.3) is 21.9 Å².